The number of nitrogens with one attached hydrogen (secondary N) is 1. The van der Waals surface area contributed by atoms with Crippen molar-refractivity contribution in [3.63, 3.8) is 0 Å². The van der Waals surface area contributed by atoms with Gasteiger partial charge < -0.3 is 10.1 Å². The molecule has 0 amide bonds. The van der Waals surface area contributed by atoms with E-state index in [0.29, 0.717) is 0 Å². The molecule has 0 saturated heterocycles. The molecule has 1 aromatic carbocycles. The molecule has 0 saturated carbocycles. The predicted molar refractivity (Wildman–Crippen MR) is 61.6 cm³/mol. The molecule has 0 aliphatic heterocycles. The lowest BCUT2D eigenvalue weighted by Gasteiger charge is -2.03. The number of benzene rings is 1. The number of rotatable bonds is 6. The topological polar surface area (TPSA) is 21.3 Å². The molecule has 0 atom stereocenters. The van der Waals surface area contributed by atoms with Gasteiger partial charge in [0.05, 0.1) is 5.94 Å². The summed E-state index contributed by atoms with van der Waals surface area (Å²) < 4.78 is 5.27. The summed E-state index contributed by atoms with van der Waals surface area (Å²) in [5, 5.41) is 3.12. The van der Waals surface area contributed by atoms with Crippen molar-refractivity contribution >= 4 is 11.8 Å². The summed E-state index contributed by atoms with van der Waals surface area (Å²) in [7, 11) is 1.96. The van der Waals surface area contributed by atoms with Gasteiger partial charge in [-0.05, 0) is 31.7 Å². The normalized spacial score (nSPS) is 10.4. The van der Waals surface area contributed by atoms with Crippen LogP contribution in [-0.4, -0.2) is 19.6 Å². The van der Waals surface area contributed by atoms with E-state index >= 15 is 0 Å². The Morgan fingerprint density at radius 3 is 2.57 bits per heavy atom. The first-order valence-electron chi connectivity index (χ1n) is 4.81. The van der Waals surface area contributed by atoms with Crippen molar-refractivity contribution in [2.45, 2.75) is 18.4 Å². The van der Waals surface area contributed by atoms with E-state index in [9.17, 15) is 0 Å². The van der Waals surface area contributed by atoms with Crippen molar-refractivity contribution in [3.8, 4) is 0 Å². The lowest BCUT2D eigenvalue weighted by molar-refractivity contribution is 0.199. The minimum absolute atomic E-state index is 0.738. The van der Waals surface area contributed by atoms with Gasteiger partial charge in [0, 0.05) is 18.0 Å². The summed E-state index contributed by atoms with van der Waals surface area (Å²) in [6.45, 7) is 3.72. The van der Waals surface area contributed by atoms with Crippen molar-refractivity contribution in [2.24, 2.45) is 0 Å². The number of thioether (sulfide) groups is 1. The van der Waals surface area contributed by atoms with E-state index in [0.717, 1.165) is 19.1 Å². The van der Waals surface area contributed by atoms with Crippen LogP contribution >= 0.6 is 11.8 Å². The van der Waals surface area contributed by atoms with Gasteiger partial charge in [0.25, 0.3) is 0 Å². The monoisotopic (exact) mass is 211 g/mol. The van der Waals surface area contributed by atoms with Gasteiger partial charge in [-0.2, -0.15) is 0 Å². The third-order valence-electron chi connectivity index (χ3n) is 1.82. The first-order chi connectivity index (χ1) is 6.86. The molecule has 1 rings (SSSR count). The molecule has 1 aromatic rings. The van der Waals surface area contributed by atoms with Gasteiger partial charge in [-0.3, -0.25) is 0 Å². The molecule has 0 aliphatic carbocycles. The Morgan fingerprint density at radius 2 is 2.00 bits per heavy atom. The van der Waals surface area contributed by atoms with Gasteiger partial charge in [0.1, 0.15) is 0 Å². The van der Waals surface area contributed by atoms with Gasteiger partial charge in [-0.25, -0.2) is 0 Å². The van der Waals surface area contributed by atoms with Crippen molar-refractivity contribution in [3.05, 3.63) is 29.8 Å². The Bertz CT molecular complexity index is 248. The standard InChI is InChI=1S/C11H17NOS/c1-3-13-9-14-11-6-4-10(5-7-11)8-12-2/h4-7,12H,3,8-9H2,1-2H3. The highest BCUT2D eigenvalue weighted by Gasteiger charge is 1.94. The quantitative estimate of drug-likeness (QED) is 0.444. The third-order valence-corrected chi connectivity index (χ3v) is 2.71. The van der Waals surface area contributed by atoms with E-state index in [4.69, 9.17) is 4.74 Å². The first kappa shape index (κ1) is 11.6. The highest BCUT2D eigenvalue weighted by Crippen LogP contribution is 2.18. The molecule has 3 heteroatoms. The van der Waals surface area contributed by atoms with Crippen molar-refractivity contribution < 1.29 is 4.74 Å². The van der Waals surface area contributed by atoms with Crippen LogP contribution in [-0.2, 0) is 11.3 Å². The second-order valence-corrected chi connectivity index (χ2v) is 3.93. The maximum atomic E-state index is 5.27. The first-order valence-corrected chi connectivity index (χ1v) is 5.79. The summed E-state index contributed by atoms with van der Waals surface area (Å²) in [4.78, 5) is 1.26. The fraction of sp³-hybridized carbons (Fsp3) is 0.455. The van der Waals surface area contributed by atoms with Gasteiger partial charge in [0.15, 0.2) is 0 Å². The van der Waals surface area contributed by atoms with Gasteiger partial charge in [-0.15, -0.1) is 0 Å². The second-order valence-electron chi connectivity index (χ2n) is 2.93. The van der Waals surface area contributed by atoms with E-state index < -0.39 is 0 Å². The largest absolute Gasteiger partial charge is 0.371 e. The molecule has 0 bridgehead atoms. The SMILES string of the molecule is CCOCSc1ccc(CNC)cc1. The van der Waals surface area contributed by atoms with Crippen LogP contribution in [0.25, 0.3) is 0 Å². The Kier molecular flexibility index (Phi) is 5.68. The van der Waals surface area contributed by atoms with Crippen LogP contribution in [0.1, 0.15) is 12.5 Å². The predicted octanol–water partition coefficient (Wildman–Crippen LogP) is 2.49. The molecule has 0 unspecified atom stereocenters. The number of hydrogen-bond donors (Lipinski definition) is 1. The average molecular weight is 211 g/mol. The van der Waals surface area contributed by atoms with Crippen molar-refractivity contribution in [2.75, 3.05) is 19.6 Å². The molecule has 1 N–H and O–H groups in total. The average Bonchev–Trinajstić information content (AvgIpc) is 2.21. The van der Waals surface area contributed by atoms with E-state index in [2.05, 4.69) is 29.6 Å². The van der Waals surface area contributed by atoms with Crippen LogP contribution in [0.15, 0.2) is 29.2 Å². The van der Waals surface area contributed by atoms with Crippen LogP contribution in [0.5, 0.6) is 0 Å². The maximum absolute atomic E-state index is 5.27. The smallest absolute Gasteiger partial charge is 0.0966 e. The molecule has 0 heterocycles. The van der Waals surface area contributed by atoms with Gasteiger partial charge in [-0.1, -0.05) is 23.9 Å². The fourth-order valence-electron chi connectivity index (χ4n) is 1.10. The second kappa shape index (κ2) is 6.87. The molecule has 78 valence electrons. The molecular weight excluding hydrogens is 194 g/mol. The molecule has 2 nitrogen and oxygen atoms in total. The Hall–Kier alpha value is -0.510. The fourth-order valence-corrected chi connectivity index (χ4v) is 1.82. The van der Waals surface area contributed by atoms with E-state index in [1.165, 1.54) is 10.5 Å². The number of ether oxygens (including phenoxy) is 1. The van der Waals surface area contributed by atoms with Crippen LogP contribution < -0.4 is 5.32 Å². The molecule has 0 spiro atoms. The molecule has 0 aromatic heterocycles. The van der Waals surface area contributed by atoms with Crippen molar-refractivity contribution in [1.82, 2.24) is 5.32 Å². The Labute approximate surface area is 90.0 Å². The van der Waals surface area contributed by atoms with Crippen LogP contribution in [0.2, 0.25) is 0 Å². The van der Waals surface area contributed by atoms with Crippen molar-refractivity contribution in [1.29, 1.82) is 0 Å². The Morgan fingerprint density at radius 1 is 1.29 bits per heavy atom. The van der Waals surface area contributed by atoms with E-state index in [-0.39, 0.29) is 0 Å². The minimum atomic E-state index is 0.738. The summed E-state index contributed by atoms with van der Waals surface area (Å²) in [5.74, 6) is 0.738. The maximum Gasteiger partial charge on any atom is 0.0966 e. The Balaban J connectivity index is 2.38. The molecule has 0 fully saturated rings. The van der Waals surface area contributed by atoms with Crippen LogP contribution in [0.4, 0.5) is 0 Å². The zero-order chi connectivity index (χ0) is 10.2. The van der Waals surface area contributed by atoms with E-state index in [1.54, 1.807) is 11.8 Å². The highest BCUT2D eigenvalue weighted by molar-refractivity contribution is 7.99. The van der Waals surface area contributed by atoms with E-state index in [1.807, 2.05) is 14.0 Å². The number of hydrogen-bond acceptors (Lipinski definition) is 3. The van der Waals surface area contributed by atoms with Crippen LogP contribution in [0, 0.1) is 0 Å². The van der Waals surface area contributed by atoms with Gasteiger partial charge in [0.2, 0.25) is 0 Å². The third kappa shape index (κ3) is 4.13. The molecule has 14 heavy (non-hydrogen) atoms. The zero-order valence-electron chi connectivity index (χ0n) is 8.75. The molecule has 0 radical (unpaired) electrons. The minimum Gasteiger partial charge on any atom is -0.371 e. The summed E-state index contributed by atoms with van der Waals surface area (Å²) in [6.07, 6.45) is 0. The molecular formula is C11H17NOS. The molecule has 0 aliphatic rings. The van der Waals surface area contributed by atoms with Crippen LogP contribution in [0.3, 0.4) is 0 Å². The summed E-state index contributed by atoms with van der Waals surface area (Å²) >= 11 is 1.73. The summed E-state index contributed by atoms with van der Waals surface area (Å²) in [6, 6.07) is 8.56. The van der Waals surface area contributed by atoms with Gasteiger partial charge >= 0.3 is 0 Å². The summed E-state index contributed by atoms with van der Waals surface area (Å²) in [5.41, 5.74) is 1.31. The lowest BCUT2D eigenvalue weighted by atomic mass is 10.2. The lowest BCUT2D eigenvalue weighted by Crippen LogP contribution is -2.04. The zero-order valence-corrected chi connectivity index (χ0v) is 9.56. The highest BCUT2D eigenvalue weighted by atomic mass is 32.2.